The summed E-state index contributed by atoms with van der Waals surface area (Å²) in [4.78, 5) is 11.7. The number of carbonyl (C=O) groups excluding carboxylic acids is 1. The largest absolute Gasteiger partial charge is 0.334 e. The Labute approximate surface area is 125 Å². The molecular weight excluding hydrogens is 302 g/mol. The zero-order valence-corrected chi connectivity index (χ0v) is 11.8. The van der Waals surface area contributed by atoms with Crippen molar-refractivity contribution in [2.24, 2.45) is 0 Å². The molecule has 104 valence electrons. The van der Waals surface area contributed by atoms with E-state index in [-0.39, 0.29) is 12.4 Å². The maximum absolute atomic E-state index is 13.4. The van der Waals surface area contributed by atoms with Gasteiger partial charge in [0.25, 0.3) is 0 Å². The Morgan fingerprint density at radius 3 is 2.60 bits per heavy atom. The second-order valence-corrected chi connectivity index (χ2v) is 4.87. The van der Waals surface area contributed by atoms with E-state index in [1.807, 2.05) is 0 Å². The number of carbonyl (C=O) groups is 1. The maximum atomic E-state index is 13.4. The van der Waals surface area contributed by atoms with Crippen LogP contribution in [0.4, 0.5) is 14.9 Å². The lowest BCUT2D eigenvalue weighted by Crippen LogP contribution is -2.28. The molecule has 0 saturated heterocycles. The average molecular weight is 313 g/mol. The molecule has 6 heteroatoms. The van der Waals surface area contributed by atoms with Gasteiger partial charge in [-0.15, -0.1) is 0 Å². The summed E-state index contributed by atoms with van der Waals surface area (Å²) in [5.74, 6) is -0.364. The Hall–Kier alpha value is -1.78. The van der Waals surface area contributed by atoms with Gasteiger partial charge < -0.3 is 10.6 Å². The molecule has 0 spiro atoms. The normalized spacial score (nSPS) is 10.2. The number of hydrogen-bond acceptors (Lipinski definition) is 1. The van der Waals surface area contributed by atoms with Crippen LogP contribution in [-0.4, -0.2) is 6.03 Å². The van der Waals surface area contributed by atoms with Crippen LogP contribution in [0, 0.1) is 5.82 Å². The number of urea groups is 1. The maximum Gasteiger partial charge on any atom is 0.319 e. The van der Waals surface area contributed by atoms with E-state index < -0.39 is 6.03 Å². The van der Waals surface area contributed by atoms with Crippen LogP contribution in [0.1, 0.15) is 5.56 Å². The van der Waals surface area contributed by atoms with E-state index in [1.165, 1.54) is 12.1 Å². The van der Waals surface area contributed by atoms with Crippen molar-refractivity contribution in [2.75, 3.05) is 5.32 Å². The van der Waals surface area contributed by atoms with Crippen LogP contribution in [0.3, 0.4) is 0 Å². The Morgan fingerprint density at radius 2 is 1.90 bits per heavy atom. The molecule has 0 bridgehead atoms. The van der Waals surface area contributed by atoms with E-state index in [2.05, 4.69) is 10.6 Å². The topological polar surface area (TPSA) is 41.1 Å². The molecule has 0 aliphatic rings. The molecule has 0 saturated carbocycles. The Kier molecular flexibility index (Phi) is 4.82. The number of halogens is 3. The summed E-state index contributed by atoms with van der Waals surface area (Å²) in [6.07, 6.45) is 0. The number of anilines is 1. The van der Waals surface area contributed by atoms with Crippen molar-refractivity contribution in [3.63, 3.8) is 0 Å². The molecular formula is C14H11Cl2FN2O. The summed E-state index contributed by atoms with van der Waals surface area (Å²) < 4.78 is 13.4. The molecule has 0 unspecified atom stereocenters. The minimum Gasteiger partial charge on any atom is -0.334 e. The van der Waals surface area contributed by atoms with Crippen molar-refractivity contribution in [3.8, 4) is 0 Å². The SMILES string of the molecule is O=C(NCc1ccccc1F)Nc1ccc(Cl)cc1Cl. The highest BCUT2D eigenvalue weighted by Crippen LogP contribution is 2.25. The van der Waals surface area contributed by atoms with E-state index in [1.54, 1.807) is 30.3 Å². The Balaban J connectivity index is 1.94. The Bertz CT molecular complexity index is 634. The summed E-state index contributed by atoms with van der Waals surface area (Å²) >= 11 is 11.7. The molecule has 0 fully saturated rings. The zero-order chi connectivity index (χ0) is 14.5. The molecule has 0 heterocycles. The third kappa shape index (κ3) is 3.85. The lowest BCUT2D eigenvalue weighted by atomic mass is 10.2. The lowest BCUT2D eigenvalue weighted by Gasteiger charge is -2.09. The van der Waals surface area contributed by atoms with Crippen molar-refractivity contribution in [3.05, 3.63) is 63.9 Å². The number of rotatable bonds is 3. The van der Waals surface area contributed by atoms with Crippen LogP contribution in [-0.2, 0) is 6.54 Å². The van der Waals surface area contributed by atoms with Crippen molar-refractivity contribution in [2.45, 2.75) is 6.54 Å². The van der Waals surface area contributed by atoms with Gasteiger partial charge in [-0.1, -0.05) is 41.4 Å². The quantitative estimate of drug-likeness (QED) is 0.863. The van der Waals surface area contributed by atoms with Crippen molar-refractivity contribution < 1.29 is 9.18 Å². The average Bonchev–Trinajstić information content (AvgIpc) is 2.41. The molecule has 0 atom stereocenters. The molecule has 3 nitrogen and oxygen atoms in total. The van der Waals surface area contributed by atoms with E-state index in [9.17, 15) is 9.18 Å². The zero-order valence-electron chi connectivity index (χ0n) is 10.3. The van der Waals surface area contributed by atoms with Gasteiger partial charge in [0.2, 0.25) is 0 Å². The van der Waals surface area contributed by atoms with E-state index >= 15 is 0 Å². The molecule has 0 aliphatic heterocycles. The third-order valence-corrected chi connectivity index (χ3v) is 3.12. The molecule has 2 aromatic rings. The monoisotopic (exact) mass is 312 g/mol. The van der Waals surface area contributed by atoms with Crippen LogP contribution in [0.15, 0.2) is 42.5 Å². The van der Waals surface area contributed by atoms with Gasteiger partial charge in [-0.3, -0.25) is 0 Å². The molecule has 0 aromatic heterocycles. The number of hydrogen-bond donors (Lipinski definition) is 2. The van der Waals surface area contributed by atoms with Gasteiger partial charge in [-0.05, 0) is 24.3 Å². The number of nitrogens with one attached hydrogen (secondary N) is 2. The van der Waals surface area contributed by atoms with Crippen molar-refractivity contribution >= 4 is 34.9 Å². The van der Waals surface area contributed by atoms with Crippen molar-refractivity contribution in [1.82, 2.24) is 5.32 Å². The van der Waals surface area contributed by atoms with Crippen molar-refractivity contribution in [1.29, 1.82) is 0 Å². The summed E-state index contributed by atoms with van der Waals surface area (Å²) in [5.41, 5.74) is 0.840. The first-order valence-electron chi connectivity index (χ1n) is 5.79. The first-order valence-corrected chi connectivity index (χ1v) is 6.55. The Morgan fingerprint density at radius 1 is 1.15 bits per heavy atom. The second kappa shape index (κ2) is 6.59. The minimum atomic E-state index is -0.475. The molecule has 0 radical (unpaired) electrons. The summed E-state index contributed by atoms with van der Waals surface area (Å²) in [7, 11) is 0. The predicted octanol–water partition coefficient (Wildman–Crippen LogP) is 4.45. The van der Waals surface area contributed by atoms with Crippen LogP contribution >= 0.6 is 23.2 Å². The standard InChI is InChI=1S/C14H11Cl2FN2O/c15-10-5-6-13(11(16)7-10)19-14(20)18-8-9-3-1-2-4-12(9)17/h1-7H,8H2,(H2,18,19,20). The molecule has 2 aromatic carbocycles. The van der Waals surface area contributed by atoms with E-state index in [0.717, 1.165) is 0 Å². The third-order valence-electron chi connectivity index (χ3n) is 2.58. The van der Waals surface area contributed by atoms with Gasteiger partial charge in [0.05, 0.1) is 10.7 Å². The van der Waals surface area contributed by atoms with Crippen LogP contribution < -0.4 is 10.6 Å². The smallest absolute Gasteiger partial charge is 0.319 e. The minimum absolute atomic E-state index is 0.0870. The highest BCUT2D eigenvalue weighted by molar-refractivity contribution is 6.36. The van der Waals surface area contributed by atoms with Gasteiger partial charge in [0, 0.05) is 17.1 Å². The second-order valence-electron chi connectivity index (χ2n) is 4.02. The fourth-order valence-corrected chi connectivity index (χ4v) is 2.03. The molecule has 2 rings (SSSR count). The highest BCUT2D eigenvalue weighted by Gasteiger charge is 2.07. The van der Waals surface area contributed by atoms with Crippen LogP contribution in [0.2, 0.25) is 10.0 Å². The van der Waals surface area contributed by atoms with E-state index in [4.69, 9.17) is 23.2 Å². The first-order chi connectivity index (χ1) is 9.56. The summed E-state index contributed by atoms with van der Waals surface area (Å²) in [6, 6.07) is 10.5. The van der Waals surface area contributed by atoms with Gasteiger partial charge >= 0.3 is 6.03 Å². The summed E-state index contributed by atoms with van der Waals surface area (Å²) in [5, 5.41) is 5.92. The molecule has 2 N–H and O–H groups in total. The molecule has 20 heavy (non-hydrogen) atoms. The van der Waals surface area contributed by atoms with Crippen LogP contribution in [0.5, 0.6) is 0 Å². The van der Waals surface area contributed by atoms with Crippen LogP contribution in [0.25, 0.3) is 0 Å². The van der Waals surface area contributed by atoms with Gasteiger partial charge in [-0.2, -0.15) is 0 Å². The molecule has 0 aliphatic carbocycles. The molecule has 2 amide bonds. The van der Waals surface area contributed by atoms with Gasteiger partial charge in [-0.25, -0.2) is 9.18 Å². The fraction of sp³-hybridized carbons (Fsp3) is 0.0714. The summed E-state index contributed by atoms with van der Waals surface area (Å²) in [6.45, 7) is 0.0870. The van der Waals surface area contributed by atoms with E-state index in [0.29, 0.717) is 21.3 Å². The first kappa shape index (κ1) is 14.6. The lowest BCUT2D eigenvalue weighted by molar-refractivity contribution is 0.251. The van der Waals surface area contributed by atoms with Gasteiger partial charge in [0.1, 0.15) is 5.82 Å². The van der Waals surface area contributed by atoms with Gasteiger partial charge in [0.15, 0.2) is 0 Å². The number of amides is 2. The highest BCUT2D eigenvalue weighted by atomic mass is 35.5. The number of benzene rings is 2. The predicted molar refractivity (Wildman–Crippen MR) is 78.7 cm³/mol. The fourth-order valence-electron chi connectivity index (χ4n) is 1.57.